The maximum atomic E-state index is 5.30. The molecule has 1 aromatic heterocycles. The van der Waals surface area contributed by atoms with Crippen LogP contribution in [0.5, 0.6) is 11.5 Å². The van der Waals surface area contributed by atoms with Gasteiger partial charge in [0, 0.05) is 28.4 Å². The van der Waals surface area contributed by atoms with Crippen LogP contribution in [0.3, 0.4) is 0 Å². The van der Waals surface area contributed by atoms with Crippen molar-refractivity contribution in [3.8, 4) is 11.5 Å². The second kappa shape index (κ2) is 7.48. The molecule has 0 fully saturated rings. The van der Waals surface area contributed by atoms with Crippen LogP contribution >= 0.6 is 11.3 Å². The fourth-order valence-electron chi connectivity index (χ4n) is 2.23. The van der Waals surface area contributed by atoms with Gasteiger partial charge in [-0.25, -0.2) is 0 Å². The van der Waals surface area contributed by atoms with Gasteiger partial charge in [0.1, 0.15) is 11.5 Å². The van der Waals surface area contributed by atoms with E-state index < -0.39 is 0 Å². The minimum atomic E-state index is 0.431. The Morgan fingerprint density at radius 2 is 1.76 bits per heavy atom. The average Bonchev–Trinajstić information content (AvgIpc) is 2.89. The molecule has 3 nitrogen and oxygen atoms in total. The quantitative estimate of drug-likeness (QED) is 0.844. The highest BCUT2D eigenvalue weighted by Gasteiger charge is 2.07. The van der Waals surface area contributed by atoms with Crippen LogP contribution in [0, 0.1) is 6.92 Å². The summed E-state index contributed by atoms with van der Waals surface area (Å²) in [5.74, 6) is 1.65. The van der Waals surface area contributed by atoms with Gasteiger partial charge in [-0.05, 0) is 50.1 Å². The van der Waals surface area contributed by atoms with Crippen molar-refractivity contribution in [3.05, 3.63) is 45.6 Å². The van der Waals surface area contributed by atoms with E-state index in [4.69, 9.17) is 9.47 Å². The SMILES string of the molecule is COc1cc(CNC(C)Cc2ccc(C)s2)cc(OC)c1. The zero-order valence-corrected chi connectivity index (χ0v) is 13.9. The molecule has 114 valence electrons. The number of nitrogens with one attached hydrogen (secondary N) is 1. The minimum Gasteiger partial charge on any atom is -0.497 e. The van der Waals surface area contributed by atoms with E-state index in [0.717, 1.165) is 24.5 Å². The highest BCUT2D eigenvalue weighted by Crippen LogP contribution is 2.22. The van der Waals surface area contributed by atoms with Crippen LogP contribution in [0.25, 0.3) is 0 Å². The van der Waals surface area contributed by atoms with E-state index in [1.54, 1.807) is 14.2 Å². The smallest absolute Gasteiger partial charge is 0.122 e. The van der Waals surface area contributed by atoms with Crippen molar-refractivity contribution in [2.45, 2.75) is 32.9 Å². The van der Waals surface area contributed by atoms with Gasteiger partial charge < -0.3 is 14.8 Å². The number of ether oxygens (including phenoxy) is 2. The minimum absolute atomic E-state index is 0.431. The number of rotatable bonds is 7. The monoisotopic (exact) mass is 305 g/mol. The summed E-state index contributed by atoms with van der Waals surface area (Å²) >= 11 is 1.87. The van der Waals surface area contributed by atoms with Gasteiger partial charge in [-0.2, -0.15) is 0 Å². The summed E-state index contributed by atoms with van der Waals surface area (Å²) in [5, 5.41) is 3.55. The lowest BCUT2D eigenvalue weighted by molar-refractivity contribution is 0.392. The fourth-order valence-corrected chi connectivity index (χ4v) is 3.25. The summed E-state index contributed by atoms with van der Waals surface area (Å²) in [5.41, 5.74) is 1.17. The van der Waals surface area contributed by atoms with Crippen molar-refractivity contribution < 1.29 is 9.47 Å². The van der Waals surface area contributed by atoms with Gasteiger partial charge >= 0.3 is 0 Å². The molecule has 0 radical (unpaired) electrons. The van der Waals surface area contributed by atoms with Crippen LogP contribution in [0.15, 0.2) is 30.3 Å². The van der Waals surface area contributed by atoms with Crippen molar-refractivity contribution in [3.63, 3.8) is 0 Å². The molecule has 0 aliphatic heterocycles. The summed E-state index contributed by atoms with van der Waals surface area (Å²) in [7, 11) is 3.35. The highest BCUT2D eigenvalue weighted by molar-refractivity contribution is 7.11. The largest absolute Gasteiger partial charge is 0.497 e. The molecule has 1 heterocycles. The lowest BCUT2D eigenvalue weighted by Crippen LogP contribution is -2.27. The van der Waals surface area contributed by atoms with Crippen molar-refractivity contribution in [1.82, 2.24) is 5.32 Å². The van der Waals surface area contributed by atoms with Crippen molar-refractivity contribution >= 4 is 11.3 Å². The third kappa shape index (κ3) is 4.76. The Kier molecular flexibility index (Phi) is 5.65. The van der Waals surface area contributed by atoms with Gasteiger partial charge in [0.25, 0.3) is 0 Å². The van der Waals surface area contributed by atoms with Gasteiger partial charge in [-0.15, -0.1) is 11.3 Å². The number of aryl methyl sites for hydroxylation is 1. The molecule has 0 bridgehead atoms. The molecule has 0 saturated heterocycles. The Labute approximate surface area is 130 Å². The maximum Gasteiger partial charge on any atom is 0.122 e. The third-order valence-corrected chi connectivity index (χ3v) is 4.39. The van der Waals surface area contributed by atoms with E-state index in [-0.39, 0.29) is 0 Å². The van der Waals surface area contributed by atoms with E-state index in [1.807, 2.05) is 29.5 Å². The summed E-state index contributed by atoms with van der Waals surface area (Å²) < 4.78 is 10.6. The molecular formula is C17H23NO2S. The third-order valence-electron chi connectivity index (χ3n) is 3.37. The Morgan fingerprint density at radius 1 is 1.10 bits per heavy atom. The topological polar surface area (TPSA) is 30.5 Å². The number of benzene rings is 1. The van der Waals surface area contributed by atoms with E-state index >= 15 is 0 Å². The van der Waals surface area contributed by atoms with Gasteiger partial charge in [0.2, 0.25) is 0 Å². The zero-order valence-electron chi connectivity index (χ0n) is 13.1. The lowest BCUT2D eigenvalue weighted by Gasteiger charge is -2.14. The van der Waals surface area contributed by atoms with E-state index in [0.29, 0.717) is 6.04 Å². The lowest BCUT2D eigenvalue weighted by atomic mass is 10.1. The molecule has 0 saturated carbocycles. The van der Waals surface area contributed by atoms with Gasteiger partial charge in [-0.1, -0.05) is 0 Å². The summed E-state index contributed by atoms with van der Waals surface area (Å²) in [6.45, 7) is 5.17. The molecule has 0 aliphatic carbocycles. The first kappa shape index (κ1) is 15.9. The van der Waals surface area contributed by atoms with Crippen LogP contribution in [-0.4, -0.2) is 20.3 Å². The zero-order chi connectivity index (χ0) is 15.2. The van der Waals surface area contributed by atoms with Crippen LogP contribution < -0.4 is 14.8 Å². The molecule has 4 heteroatoms. The second-order valence-electron chi connectivity index (χ2n) is 5.22. The summed E-state index contributed by atoms with van der Waals surface area (Å²) in [4.78, 5) is 2.80. The van der Waals surface area contributed by atoms with Crippen molar-refractivity contribution in [2.75, 3.05) is 14.2 Å². The van der Waals surface area contributed by atoms with Gasteiger partial charge in [-0.3, -0.25) is 0 Å². The Hall–Kier alpha value is -1.52. The van der Waals surface area contributed by atoms with Crippen molar-refractivity contribution in [2.24, 2.45) is 0 Å². The first-order valence-corrected chi connectivity index (χ1v) is 7.93. The first-order chi connectivity index (χ1) is 10.1. The summed E-state index contributed by atoms with van der Waals surface area (Å²) in [6.07, 6.45) is 1.06. The van der Waals surface area contributed by atoms with E-state index in [9.17, 15) is 0 Å². The molecule has 0 spiro atoms. The number of methoxy groups -OCH3 is 2. The van der Waals surface area contributed by atoms with Crippen molar-refractivity contribution in [1.29, 1.82) is 0 Å². The van der Waals surface area contributed by atoms with Gasteiger partial charge in [0.15, 0.2) is 0 Å². The molecule has 2 aromatic rings. The maximum absolute atomic E-state index is 5.30. The van der Waals surface area contributed by atoms with E-state index in [1.165, 1.54) is 15.3 Å². The molecule has 0 amide bonds. The van der Waals surface area contributed by atoms with Gasteiger partial charge in [0.05, 0.1) is 14.2 Å². The summed E-state index contributed by atoms with van der Waals surface area (Å²) in [6, 6.07) is 10.8. The number of thiophene rings is 1. The van der Waals surface area contributed by atoms with Crippen LogP contribution in [0.1, 0.15) is 22.2 Å². The number of hydrogen-bond donors (Lipinski definition) is 1. The predicted molar refractivity (Wildman–Crippen MR) is 88.6 cm³/mol. The predicted octanol–water partition coefficient (Wildman–Crippen LogP) is 3.79. The fraction of sp³-hybridized carbons (Fsp3) is 0.412. The molecule has 21 heavy (non-hydrogen) atoms. The first-order valence-electron chi connectivity index (χ1n) is 7.11. The van der Waals surface area contributed by atoms with E-state index in [2.05, 4.69) is 31.3 Å². The molecule has 2 rings (SSSR count). The molecular weight excluding hydrogens is 282 g/mol. The number of hydrogen-bond acceptors (Lipinski definition) is 4. The Morgan fingerprint density at radius 3 is 2.29 bits per heavy atom. The standard InChI is InChI=1S/C17H23NO2S/c1-12(7-17-6-5-13(2)21-17)18-11-14-8-15(19-3)10-16(9-14)20-4/h5-6,8-10,12,18H,7,11H2,1-4H3. The van der Waals surface area contributed by atoms with Crippen LogP contribution in [0.4, 0.5) is 0 Å². The Bertz CT molecular complexity index is 558. The molecule has 1 unspecified atom stereocenters. The second-order valence-corrected chi connectivity index (χ2v) is 6.59. The molecule has 1 N–H and O–H groups in total. The Balaban J connectivity index is 1.92. The highest BCUT2D eigenvalue weighted by atomic mass is 32.1. The molecule has 1 aromatic carbocycles. The molecule has 1 atom stereocenters. The normalized spacial score (nSPS) is 12.2. The average molecular weight is 305 g/mol. The van der Waals surface area contributed by atoms with Crippen LogP contribution in [-0.2, 0) is 13.0 Å². The van der Waals surface area contributed by atoms with Crippen LogP contribution in [0.2, 0.25) is 0 Å². The molecule has 0 aliphatic rings.